The second-order valence-corrected chi connectivity index (χ2v) is 9.63. The molecule has 3 heterocycles. The van der Waals surface area contributed by atoms with Gasteiger partial charge in [-0.2, -0.15) is 0 Å². The summed E-state index contributed by atoms with van der Waals surface area (Å²) in [7, 11) is 0. The standard InChI is InChI=1S/C24H28FN5O2S/c1-16-13-21(17(2)29(16)14-18-3-5-19(25)6-4-18)22(31)15-33-24-27-26-23(30(24)20-7-8-20)28-9-11-32-12-10-28/h3-6,13,20H,7-12,14-15H2,1-2H3. The van der Waals surface area contributed by atoms with E-state index in [0.29, 0.717) is 31.6 Å². The molecule has 1 aliphatic carbocycles. The Kier molecular flexibility index (Phi) is 6.25. The molecule has 0 unspecified atom stereocenters. The van der Waals surface area contributed by atoms with E-state index in [1.54, 1.807) is 12.1 Å². The summed E-state index contributed by atoms with van der Waals surface area (Å²) in [4.78, 5) is 15.4. The lowest BCUT2D eigenvalue weighted by atomic mass is 10.2. The Labute approximate surface area is 196 Å². The number of anilines is 1. The van der Waals surface area contributed by atoms with Gasteiger partial charge in [-0.05, 0) is 50.5 Å². The number of ether oxygens (including phenoxy) is 1. The van der Waals surface area contributed by atoms with E-state index in [2.05, 4.69) is 24.2 Å². The molecule has 0 N–H and O–H groups in total. The van der Waals surface area contributed by atoms with Gasteiger partial charge in [-0.1, -0.05) is 23.9 Å². The molecule has 7 nitrogen and oxygen atoms in total. The average molecular weight is 470 g/mol. The first kappa shape index (κ1) is 22.2. The van der Waals surface area contributed by atoms with Crippen LogP contribution in [-0.4, -0.2) is 57.2 Å². The van der Waals surface area contributed by atoms with Crippen LogP contribution in [0.25, 0.3) is 0 Å². The second kappa shape index (κ2) is 9.30. The molecule has 3 aromatic rings. The van der Waals surface area contributed by atoms with E-state index in [9.17, 15) is 9.18 Å². The van der Waals surface area contributed by atoms with Crippen molar-refractivity contribution in [3.8, 4) is 0 Å². The number of aryl methyl sites for hydroxylation is 1. The van der Waals surface area contributed by atoms with Gasteiger partial charge in [0, 0.05) is 42.6 Å². The van der Waals surface area contributed by atoms with Gasteiger partial charge in [0.15, 0.2) is 10.9 Å². The summed E-state index contributed by atoms with van der Waals surface area (Å²) in [5.74, 6) is 1.04. The molecule has 174 valence electrons. The summed E-state index contributed by atoms with van der Waals surface area (Å²) in [5.41, 5.74) is 3.67. The van der Waals surface area contributed by atoms with Crippen LogP contribution in [-0.2, 0) is 11.3 Å². The van der Waals surface area contributed by atoms with Gasteiger partial charge < -0.3 is 14.2 Å². The molecule has 2 aromatic heterocycles. The smallest absolute Gasteiger partial charge is 0.228 e. The summed E-state index contributed by atoms with van der Waals surface area (Å²) >= 11 is 1.46. The topological polar surface area (TPSA) is 65.2 Å². The van der Waals surface area contributed by atoms with Gasteiger partial charge in [-0.15, -0.1) is 10.2 Å². The summed E-state index contributed by atoms with van der Waals surface area (Å²) in [6.45, 7) is 7.61. The molecule has 0 spiro atoms. The molecule has 2 aliphatic rings. The molecule has 9 heteroatoms. The number of Topliss-reactive ketones (excluding diaryl/α,β-unsaturated/α-hetero) is 1. The molecule has 33 heavy (non-hydrogen) atoms. The molecule has 1 aromatic carbocycles. The van der Waals surface area contributed by atoms with Gasteiger partial charge >= 0.3 is 0 Å². The third-order valence-electron chi connectivity index (χ3n) is 6.31. The van der Waals surface area contributed by atoms with Crippen molar-refractivity contribution in [3.05, 3.63) is 58.7 Å². The van der Waals surface area contributed by atoms with E-state index in [1.807, 2.05) is 19.9 Å². The quantitative estimate of drug-likeness (QED) is 0.367. The van der Waals surface area contributed by atoms with Gasteiger partial charge in [0.1, 0.15) is 5.82 Å². The number of aromatic nitrogens is 4. The number of hydrogen-bond donors (Lipinski definition) is 0. The highest BCUT2D eigenvalue weighted by Gasteiger charge is 2.32. The SMILES string of the molecule is Cc1cc(C(=O)CSc2nnc(N3CCOCC3)n2C2CC2)c(C)n1Cc1ccc(F)cc1. The first-order chi connectivity index (χ1) is 16.0. The number of morpholine rings is 1. The number of ketones is 1. The van der Waals surface area contributed by atoms with Crippen molar-refractivity contribution in [2.45, 2.75) is 44.4 Å². The lowest BCUT2D eigenvalue weighted by Gasteiger charge is -2.27. The number of benzene rings is 1. The van der Waals surface area contributed by atoms with Crippen LogP contribution in [0.2, 0.25) is 0 Å². The minimum absolute atomic E-state index is 0.0803. The van der Waals surface area contributed by atoms with Gasteiger partial charge in [0.2, 0.25) is 5.95 Å². The van der Waals surface area contributed by atoms with Crippen LogP contribution in [0.3, 0.4) is 0 Å². The Bertz CT molecular complexity index is 1150. The highest BCUT2D eigenvalue weighted by Crippen LogP contribution is 2.41. The lowest BCUT2D eigenvalue weighted by molar-refractivity contribution is 0.102. The maximum absolute atomic E-state index is 13.2. The molecule has 2 fully saturated rings. The zero-order valence-corrected chi connectivity index (χ0v) is 19.8. The highest BCUT2D eigenvalue weighted by atomic mass is 32.2. The molecule has 1 saturated heterocycles. The van der Waals surface area contributed by atoms with Crippen molar-refractivity contribution in [2.24, 2.45) is 0 Å². The van der Waals surface area contributed by atoms with E-state index >= 15 is 0 Å². The number of thioether (sulfide) groups is 1. The molecule has 0 radical (unpaired) electrons. The number of hydrogen-bond acceptors (Lipinski definition) is 6. The molecule has 5 rings (SSSR count). The van der Waals surface area contributed by atoms with Crippen molar-refractivity contribution in [2.75, 3.05) is 37.0 Å². The molecular formula is C24H28FN5O2S. The Morgan fingerprint density at radius 1 is 1.15 bits per heavy atom. The van der Waals surface area contributed by atoms with Crippen LogP contribution < -0.4 is 4.90 Å². The largest absolute Gasteiger partial charge is 0.378 e. The van der Waals surface area contributed by atoms with Crippen LogP contribution >= 0.6 is 11.8 Å². The van der Waals surface area contributed by atoms with Crippen LogP contribution in [0.15, 0.2) is 35.5 Å². The maximum Gasteiger partial charge on any atom is 0.228 e. The fraction of sp³-hybridized carbons (Fsp3) is 0.458. The molecule has 0 atom stereocenters. The van der Waals surface area contributed by atoms with E-state index in [4.69, 9.17) is 4.74 Å². The summed E-state index contributed by atoms with van der Waals surface area (Å²) < 4.78 is 23.0. The lowest BCUT2D eigenvalue weighted by Crippen LogP contribution is -2.38. The number of nitrogens with zero attached hydrogens (tertiary/aromatic N) is 5. The van der Waals surface area contributed by atoms with Crippen molar-refractivity contribution in [1.82, 2.24) is 19.3 Å². The van der Waals surface area contributed by atoms with Gasteiger partial charge in [-0.3, -0.25) is 9.36 Å². The van der Waals surface area contributed by atoms with Crippen LogP contribution in [0.5, 0.6) is 0 Å². The van der Waals surface area contributed by atoms with Crippen molar-refractivity contribution in [1.29, 1.82) is 0 Å². The maximum atomic E-state index is 13.2. The third-order valence-corrected chi connectivity index (χ3v) is 7.26. The van der Waals surface area contributed by atoms with Crippen LogP contribution in [0.1, 0.15) is 46.2 Å². The molecular weight excluding hydrogens is 441 g/mol. The number of carbonyl (C=O) groups is 1. The third kappa shape index (κ3) is 4.70. The predicted octanol–water partition coefficient (Wildman–Crippen LogP) is 4.03. The fourth-order valence-corrected chi connectivity index (χ4v) is 5.19. The Balaban J connectivity index is 1.30. The average Bonchev–Trinajstić information content (AvgIpc) is 3.52. The van der Waals surface area contributed by atoms with Gasteiger partial charge in [0.25, 0.3) is 0 Å². The van der Waals surface area contributed by atoms with Gasteiger partial charge in [-0.25, -0.2) is 4.39 Å². The van der Waals surface area contributed by atoms with E-state index in [0.717, 1.165) is 59.6 Å². The number of carbonyl (C=O) groups excluding carboxylic acids is 1. The number of halogens is 1. The first-order valence-corrected chi connectivity index (χ1v) is 12.3. The predicted molar refractivity (Wildman–Crippen MR) is 126 cm³/mol. The summed E-state index contributed by atoms with van der Waals surface area (Å²) in [6.07, 6.45) is 2.25. The van der Waals surface area contributed by atoms with E-state index in [1.165, 1.54) is 23.9 Å². The van der Waals surface area contributed by atoms with Crippen molar-refractivity contribution >= 4 is 23.5 Å². The molecule has 1 saturated carbocycles. The van der Waals surface area contributed by atoms with Crippen molar-refractivity contribution in [3.63, 3.8) is 0 Å². The van der Waals surface area contributed by atoms with Gasteiger partial charge in [0.05, 0.1) is 19.0 Å². The normalized spacial score (nSPS) is 16.4. The Morgan fingerprint density at radius 2 is 1.88 bits per heavy atom. The van der Waals surface area contributed by atoms with Crippen LogP contribution in [0, 0.1) is 19.7 Å². The monoisotopic (exact) mass is 469 g/mol. The summed E-state index contributed by atoms with van der Waals surface area (Å²) in [5, 5.41) is 9.71. The zero-order valence-electron chi connectivity index (χ0n) is 19.0. The zero-order chi connectivity index (χ0) is 22.9. The Morgan fingerprint density at radius 3 is 2.58 bits per heavy atom. The van der Waals surface area contributed by atoms with E-state index in [-0.39, 0.29) is 11.6 Å². The first-order valence-electron chi connectivity index (χ1n) is 11.4. The van der Waals surface area contributed by atoms with Crippen molar-refractivity contribution < 1.29 is 13.9 Å². The molecule has 0 bridgehead atoms. The minimum Gasteiger partial charge on any atom is -0.378 e. The molecule has 0 amide bonds. The highest BCUT2D eigenvalue weighted by molar-refractivity contribution is 7.99. The summed E-state index contributed by atoms with van der Waals surface area (Å²) in [6, 6.07) is 8.87. The second-order valence-electron chi connectivity index (χ2n) is 8.69. The van der Waals surface area contributed by atoms with E-state index < -0.39 is 0 Å². The van der Waals surface area contributed by atoms with Crippen LogP contribution in [0.4, 0.5) is 10.3 Å². The fourth-order valence-electron chi connectivity index (χ4n) is 4.31. The minimum atomic E-state index is -0.247. The Hall–Kier alpha value is -2.65. The number of rotatable bonds is 8. The molecule has 1 aliphatic heterocycles.